The number of methoxy groups -OCH3 is 3. The number of rotatable bonds is 7. The van der Waals surface area contributed by atoms with Crippen LogP contribution in [0.2, 0.25) is 0 Å². The van der Waals surface area contributed by atoms with Gasteiger partial charge in [-0.15, -0.1) is 0 Å². The fraction of sp³-hybridized carbons (Fsp3) is 0.333. The third-order valence-electron chi connectivity index (χ3n) is 3.87. The van der Waals surface area contributed by atoms with E-state index in [1.165, 1.54) is 7.11 Å². The molecular weight excluding hydrogens is 296 g/mol. The molecule has 0 saturated heterocycles. The Balaban J connectivity index is 2.38. The van der Waals surface area contributed by atoms with Crippen molar-refractivity contribution in [3.05, 3.63) is 53.6 Å². The third-order valence-corrected chi connectivity index (χ3v) is 3.87. The average molecular weight is 318 g/mol. The predicted octanol–water partition coefficient (Wildman–Crippen LogP) is 2.52. The summed E-state index contributed by atoms with van der Waals surface area (Å²) in [6.45, 7) is -0.212. The smallest absolute Gasteiger partial charge is 0.161 e. The molecular formula is C18H22O5. The van der Waals surface area contributed by atoms with Gasteiger partial charge in [0, 0.05) is 11.5 Å². The summed E-state index contributed by atoms with van der Waals surface area (Å²) < 4.78 is 15.8. The van der Waals surface area contributed by atoms with Crippen molar-refractivity contribution in [2.75, 3.05) is 27.9 Å². The van der Waals surface area contributed by atoms with E-state index in [0.29, 0.717) is 22.8 Å². The summed E-state index contributed by atoms with van der Waals surface area (Å²) in [6, 6.07) is 12.5. The highest BCUT2D eigenvalue weighted by molar-refractivity contribution is 5.45. The van der Waals surface area contributed by atoms with E-state index in [9.17, 15) is 10.2 Å². The van der Waals surface area contributed by atoms with Crippen molar-refractivity contribution in [2.45, 2.75) is 12.0 Å². The fourth-order valence-corrected chi connectivity index (χ4v) is 2.61. The van der Waals surface area contributed by atoms with Crippen LogP contribution in [0.4, 0.5) is 0 Å². The van der Waals surface area contributed by atoms with E-state index in [-0.39, 0.29) is 6.61 Å². The fourth-order valence-electron chi connectivity index (χ4n) is 2.61. The zero-order valence-electron chi connectivity index (χ0n) is 13.5. The van der Waals surface area contributed by atoms with Crippen molar-refractivity contribution in [3.8, 4) is 17.2 Å². The topological polar surface area (TPSA) is 68.2 Å². The van der Waals surface area contributed by atoms with Crippen LogP contribution in [-0.2, 0) is 0 Å². The molecule has 0 aromatic heterocycles. The Morgan fingerprint density at radius 1 is 0.870 bits per heavy atom. The van der Waals surface area contributed by atoms with Crippen molar-refractivity contribution in [1.29, 1.82) is 0 Å². The Morgan fingerprint density at radius 3 is 2.13 bits per heavy atom. The minimum Gasteiger partial charge on any atom is -0.496 e. The molecule has 0 heterocycles. The lowest BCUT2D eigenvalue weighted by atomic mass is 9.89. The predicted molar refractivity (Wildman–Crippen MR) is 87.3 cm³/mol. The van der Waals surface area contributed by atoms with Crippen molar-refractivity contribution in [1.82, 2.24) is 0 Å². The molecule has 0 aliphatic heterocycles. The molecule has 2 unspecified atom stereocenters. The second-order valence-corrected chi connectivity index (χ2v) is 5.09. The van der Waals surface area contributed by atoms with Gasteiger partial charge in [0.15, 0.2) is 11.5 Å². The first-order valence-electron chi connectivity index (χ1n) is 7.30. The Hall–Kier alpha value is -2.24. The van der Waals surface area contributed by atoms with Crippen molar-refractivity contribution < 1.29 is 24.4 Å². The molecule has 2 atom stereocenters. The Kier molecular flexibility index (Phi) is 5.84. The molecule has 2 N–H and O–H groups in total. The maximum atomic E-state index is 10.7. The second kappa shape index (κ2) is 7.85. The molecule has 2 aromatic carbocycles. The van der Waals surface area contributed by atoms with Gasteiger partial charge in [0.1, 0.15) is 5.75 Å². The molecule has 2 rings (SSSR count). The highest BCUT2D eigenvalue weighted by atomic mass is 16.5. The number of aliphatic hydroxyl groups excluding tert-OH is 2. The Morgan fingerprint density at radius 2 is 1.52 bits per heavy atom. The summed E-state index contributed by atoms with van der Waals surface area (Å²) in [4.78, 5) is 0. The van der Waals surface area contributed by atoms with Crippen LogP contribution in [0.15, 0.2) is 42.5 Å². The molecule has 0 spiro atoms. The monoisotopic (exact) mass is 318 g/mol. The van der Waals surface area contributed by atoms with Gasteiger partial charge in [0.05, 0.1) is 34.0 Å². The zero-order valence-corrected chi connectivity index (χ0v) is 13.5. The van der Waals surface area contributed by atoms with Crippen molar-refractivity contribution in [3.63, 3.8) is 0 Å². The van der Waals surface area contributed by atoms with Gasteiger partial charge < -0.3 is 24.4 Å². The zero-order chi connectivity index (χ0) is 16.8. The highest BCUT2D eigenvalue weighted by Crippen LogP contribution is 2.38. The Labute approximate surface area is 136 Å². The molecule has 0 fully saturated rings. The number of ether oxygens (including phenoxy) is 3. The third kappa shape index (κ3) is 3.57. The number of benzene rings is 2. The van der Waals surface area contributed by atoms with Crippen LogP contribution in [0.3, 0.4) is 0 Å². The van der Waals surface area contributed by atoms with Gasteiger partial charge in [-0.25, -0.2) is 0 Å². The summed E-state index contributed by atoms with van der Waals surface area (Å²) in [5.41, 5.74) is 1.38. The molecule has 0 radical (unpaired) electrons. The van der Waals surface area contributed by atoms with E-state index < -0.39 is 12.0 Å². The van der Waals surface area contributed by atoms with Crippen molar-refractivity contribution >= 4 is 0 Å². The van der Waals surface area contributed by atoms with E-state index in [2.05, 4.69) is 0 Å². The van der Waals surface area contributed by atoms with Crippen LogP contribution in [-0.4, -0.2) is 38.1 Å². The van der Waals surface area contributed by atoms with Gasteiger partial charge in [-0.3, -0.25) is 0 Å². The lowest BCUT2D eigenvalue weighted by Crippen LogP contribution is -2.16. The maximum absolute atomic E-state index is 10.7. The molecule has 2 aromatic rings. The summed E-state index contributed by atoms with van der Waals surface area (Å²) in [7, 11) is 4.66. The molecule has 0 amide bonds. The van der Waals surface area contributed by atoms with E-state index >= 15 is 0 Å². The first kappa shape index (κ1) is 17.1. The summed E-state index contributed by atoms with van der Waals surface area (Å²) in [5, 5.41) is 20.5. The summed E-state index contributed by atoms with van der Waals surface area (Å²) in [6.07, 6.45) is -0.906. The van der Waals surface area contributed by atoms with Gasteiger partial charge in [-0.1, -0.05) is 24.3 Å². The number of para-hydroxylation sites is 1. The second-order valence-electron chi connectivity index (χ2n) is 5.09. The van der Waals surface area contributed by atoms with Crippen LogP contribution in [0, 0.1) is 0 Å². The van der Waals surface area contributed by atoms with Gasteiger partial charge in [0.2, 0.25) is 0 Å². The molecule has 0 aliphatic rings. The van der Waals surface area contributed by atoms with Crippen LogP contribution >= 0.6 is 0 Å². The molecule has 23 heavy (non-hydrogen) atoms. The van der Waals surface area contributed by atoms with Crippen LogP contribution in [0.5, 0.6) is 17.2 Å². The van der Waals surface area contributed by atoms with Crippen LogP contribution in [0.25, 0.3) is 0 Å². The standard InChI is InChI=1S/C18H22O5/c1-21-15-7-5-4-6-13(15)14(11-19)18(20)12-8-9-16(22-2)17(10-12)23-3/h4-10,14,18-20H,11H2,1-3H3. The minimum absolute atomic E-state index is 0.212. The van der Waals surface area contributed by atoms with Crippen molar-refractivity contribution in [2.24, 2.45) is 0 Å². The molecule has 0 saturated carbocycles. The largest absolute Gasteiger partial charge is 0.496 e. The average Bonchev–Trinajstić information content (AvgIpc) is 2.61. The minimum atomic E-state index is -0.906. The van der Waals surface area contributed by atoms with Crippen LogP contribution in [0.1, 0.15) is 23.1 Å². The molecule has 5 nitrogen and oxygen atoms in total. The van der Waals surface area contributed by atoms with Crippen LogP contribution < -0.4 is 14.2 Å². The van der Waals surface area contributed by atoms with E-state index in [4.69, 9.17) is 14.2 Å². The quantitative estimate of drug-likeness (QED) is 0.821. The molecule has 124 valence electrons. The highest BCUT2D eigenvalue weighted by Gasteiger charge is 2.25. The van der Waals surface area contributed by atoms with E-state index in [1.807, 2.05) is 18.2 Å². The molecule has 0 bridgehead atoms. The van der Waals surface area contributed by atoms with E-state index in [1.54, 1.807) is 38.5 Å². The first-order valence-corrected chi connectivity index (χ1v) is 7.30. The SMILES string of the molecule is COc1ccc(C(O)C(CO)c2ccccc2OC)cc1OC. The number of hydrogen-bond donors (Lipinski definition) is 2. The lowest BCUT2D eigenvalue weighted by molar-refractivity contribution is 0.105. The van der Waals surface area contributed by atoms with Gasteiger partial charge >= 0.3 is 0 Å². The first-order chi connectivity index (χ1) is 11.2. The van der Waals surface area contributed by atoms with Gasteiger partial charge in [-0.2, -0.15) is 0 Å². The number of hydrogen-bond acceptors (Lipinski definition) is 5. The van der Waals surface area contributed by atoms with Gasteiger partial charge in [0.25, 0.3) is 0 Å². The molecule has 0 aliphatic carbocycles. The Bertz CT molecular complexity index is 641. The number of aliphatic hydroxyl groups is 2. The summed E-state index contributed by atoms with van der Waals surface area (Å²) >= 11 is 0. The lowest BCUT2D eigenvalue weighted by Gasteiger charge is -2.24. The normalized spacial score (nSPS) is 13.3. The summed E-state index contributed by atoms with van der Waals surface area (Å²) in [5.74, 6) is 1.23. The van der Waals surface area contributed by atoms with Gasteiger partial charge in [-0.05, 0) is 23.8 Å². The molecule has 5 heteroatoms. The maximum Gasteiger partial charge on any atom is 0.161 e. The van der Waals surface area contributed by atoms with E-state index in [0.717, 1.165) is 5.56 Å².